The van der Waals surface area contributed by atoms with Gasteiger partial charge in [0.25, 0.3) is 0 Å². The van der Waals surface area contributed by atoms with E-state index >= 15 is 0 Å². The van der Waals surface area contributed by atoms with E-state index < -0.39 is 0 Å². The van der Waals surface area contributed by atoms with Crippen LogP contribution in [0.4, 0.5) is 0 Å². The average Bonchev–Trinajstić information content (AvgIpc) is 2.97. The maximum absolute atomic E-state index is 8.89. The molecule has 0 radical (unpaired) electrons. The molecule has 4 nitrogen and oxygen atoms in total. The van der Waals surface area contributed by atoms with Crippen molar-refractivity contribution in [3.8, 4) is 11.5 Å². The van der Waals surface area contributed by atoms with Crippen molar-refractivity contribution in [1.29, 1.82) is 0 Å². The monoisotopic (exact) mass is 277 g/mol. The van der Waals surface area contributed by atoms with E-state index in [2.05, 4.69) is 5.16 Å². The Hall–Kier alpha value is -2.01. The van der Waals surface area contributed by atoms with Gasteiger partial charge in [-0.3, -0.25) is 0 Å². The molecular formula is C14H15NO3S. The van der Waals surface area contributed by atoms with Crippen LogP contribution < -0.4 is 9.47 Å². The van der Waals surface area contributed by atoms with Crippen LogP contribution >= 0.6 is 11.3 Å². The fraction of sp³-hybridized carbons (Fsp3) is 0.214. The lowest BCUT2D eigenvalue weighted by atomic mass is 10.1. The molecule has 2 aromatic rings. The number of hydrogen-bond donors (Lipinski definition) is 1. The summed E-state index contributed by atoms with van der Waals surface area (Å²) in [6.45, 7) is 2.20. The van der Waals surface area contributed by atoms with Crippen LogP contribution in [-0.2, 0) is 6.61 Å². The van der Waals surface area contributed by atoms with Gasteiger partial charge in [0.1, 0.15) is 18.1 Å². The van der Waals surface area contributed by atoms with Crippen molar-refractivity contribution in [2.24, 2.45) is 5.16 Å². The van der Waals surface area contributed by atoms with E-state index in [0.29, 0.717) is 23.8 Å². The maximum Gasteiger partial charge on any atom is 0.132 e. The van der Waals surface area contributed by atoms with Gasteiger partial charge in [0.15, 0.2) is 0 Å². The highest BCUT2D eigenvalue weighted by Gasteiger charge is 2.09. The van der Waals surface area contributed by atoms with Gasteiger partial charge in [0, 0.05) is 16.5 Å². The molecule has 1 N–H and O–H groups in total. The molecule has 0 amide bonds. The highest BCUT2D eigenvalue weighted by molar-refractivity contribution is 7.09. The molecule has 2 rings (SSSR count). The van der Waals surface area contributed by atoms with Gasteiger partial charge in [-0.25, -0.2) is 0 Å². The standard InChI is InChI=1S/C14H15NO3S/c1-10(15-16)13-6-5-11(17-2)8-14(13)18-9-12-4-3-7-19-12/h3-8,16H,9H2,1-2H3/b15-10+. The van der Waals surface area contributed by atoms with Crippen LogP contribution in [0.3, 0.4) is 0 Å². The third kappa shape index (κ3) is 3.26. The number of ether oxygens (including phenoxy) is 2. The summed E-state index contributed by atoms with van der Waals surface area (Å²) in [5.74, 6) is 1.35. The average molecular weight is 277 g/mol. The molecule has 19 heavy (non-hydrogen) atoms. The largest absolute Gasteiger partial charge is 0.497 e. The lowest BCUT2D eigenvalue weighted by Crippen LogP contribution is -2.02. The first-order chi connectivity index (χ1) is 9.24. The molecular weight excluding hydrogens is 262 g/mol. The van der Waals surface area contributed by atoms with E-state index in [1.54, 1.807) is 31.4 Å². The first-order valence-electron chi connectivity index (χ1n) is 5.77. The zero-order chi connectivity index (χ0) is 13.7. The van der Waals surface area contributed by atoms with Gasteiger partial charge < -0.3 is 14.7 Å². The Bertz CT molecular complexity index is 564. The first kappa shape index (κ1) is 13.4. The summed E-state index contributed by atoms with van der Waals surface area (Å²) in [6.07, 6.45) is 0. The van der Waals surface area contributed by atoms with Gasteiger partial charge in [0.2, 0.25) is 0 Å². The molecule has 0 atom stereocenters. The fourth-order valence-electron chi connectivity index (χ4n) is 1.65. The van der Waals surface area contributed by atoms with E-state index in [1.165, 1.54) is 0 Å². The lowest BCUT2D eigenvalue weighted by molar-refractivity contribution is 0.304. The summed E-state index contributed by atoms with van der Waals surface area (Å²) in [5.41, 5.74) is 1.25. The van der Waals surface area contributed by atoms with Gasteiger partial charge in [0.05, 0.1) is 12.8 Å². The molecule has 0 bridgehead atoms. The number of oxime groups is 1. The second kappa shape index (κ2) is 6.24. The summed E-state index contributed by atoms with van der Waals surface area (Å²) in [4.78, 5) is 1.13. The van der Waals surface area contributed by atoms with Crippen molar-refractivity contribution >= 4 is 17.0 Å². The molecule has 5 heteroatoms. The fourth-order valence-corrected chi connectivity index (χ4v) is 2.26. The smallest absolute Gasteiger partial charge is 0.132 e. The van der Waals surface area contributed by atoms with Crippen molar-refractivity contribution in [2.45, 2.75) is 13.5 Å². The summed E-state index contributed by atoms with van der Waals surface area (Å²) in [7, 11) is 1.60. The van der Waals surface area contributed by atoms with Crippen LogP contribution in [0.2, 0.25) is 0 Å². The van der Waals surface area contributed by atoms with Crippen LogP contribution in [0.1, 0.15) is 17.4 Å². The van der Waals surface area contributed by atoms with Crippen molar-refractivity contribution in [3.05, 3.63) is 46.2 Å². The van der Waals surface area contributed by atoms with E-state index in [9.17, 15) is 0 Å². The van der Waals surface area contributed by atoms with E-state index in [1.807, 2.05) is 29.6 Å². The van der Waals surface area contributed by atoms with Gasteiger partial charge in [-0.1, -0.05) is 11.2 Å². The van der Waals surface area contributed by atoms with Crippen molar-refractivity contribution in [3.63, 3.8) is 0 Å². The Morgan fingerprint density at radius 2 is 2.21 bits per heavy atom. The molecule has 0 unspecified atom stereocenters. The van der Waals surface area contributed by atoms with Crippen LogP contribution in [0.15, 0.2) is 40.9 Å². The summed E-state index contributed by atoms with van der Waals surface area (Å²) < 4.78 is 11.0. The van der Waals surface area contributed by atoms with Crippen molar-refractivity contribution in [2.75, 3.05) is 7.11 Å². The predicted octanol–water partition coefficient (Wildman–Crippen LogP) is 3.53. The minimum absolute atomic E-state index is 0.483. The van der Waals surface area contributed by atoms with Gasteiger partial charge in [-0.15, -0.1) is 11.3 Å². The minimum atomic E-state index is 0.483. The van der Waals surface area contributed by atoms with Gasteiger partial charge in [-0.05, 0) is 30.5 Å². The highest BCUT2D eigenvalue weighted by Crippen LogP contribution is 2.26. The van der Waals surface area contributed by atoms with Crippen LogP contribution in [0, 0.1) is 0 Å². The number of rotatable bonds is 5. The molecule has 0 aliphatic carbocycles. The van der Waals surface area contributed by atoms with E-state index in [-0.39, 0.29) is 0 Å². The number of thiophene rings is 1. The van der Waals surface area contributed by atoms with Crippen molar-refractivity contribution < 1.29 is 14.7 Å². The molecule has 0 spiro atoms. The van der Waals surface area contributed by atoms with E-state index in [4.69, 9.17) is 14.7 Å². The van der Waals surface area contributed by atoms with Crippen molar-refractivity contribution in [1.82, 2.24) is 0 Å². The number of methoxy groups -OCH3 is 1. The van der Waals surface area contributed by atoms with Crippen LogP contribution in [0.25, 0.3) is 0 Å². The topological polar surface area (TPSA) is 51.0 Å². The Morgan fingerprint density at radius 3 is 2.84 bits per heavy atom. The molecule has 0 aliphatic rings. The third-order valence-corrected chi connectivity index (χ3v) is 3.53. The summed E-state index contributed by atoms with van der Waals surface area (Å²) in [6, 6.07) is 9.41. The Balaban J connectivity index is 2.24. The van der Waals surface area contributed by atoms with Gasteiger partial charge in [-0.2, -0.15) is 0 Å². The lowest BCUT2D eigenvalue weighted by Gasteiger charge is -2.11. The molecule has 0 saturated carbocycles. The molecule has 1 aromatic heterocycles. The SMILES string of the molecule is COc1ccc(/C(C)=N/O)c(OCc2cccs2)c1. The predicted molar refractivity (Wildman–Crippen MR) is 75.6 cm³/mol. The molecule has 0 aliphatic heterocycles. The molecule has 0 saturated heterocycles. The summed E-state index contributed by atoms with van der Waals surface area (Å²) >= 11 is 1.64. The second-order valence-corrected chi connectivity index (χ2v) is 4.95. The molecule has 0 fully saturated rings. The second-order valence-electron chi connectivity index (χ2n) is 3.92. The Morgan fingerprint density at radius 1 is 1.37 bits per heavy atom. The molecule has 1 heterocycles. The van der Waals surface area contributed by atoms with Crippen LogP contribution in [-0.4, -0.2) is 18.0 Å². The zero-order valence-electron chi connectivity index (χ0n) is 10.8. The van der Waals surface area contributed by atoms with Gasteiger partial charge >= 0.3 is 0 Å². The first-order valence-corrected chi connectivity index (χ1v) is 6.65. The number of hydrogen-bond acceptors (Lipinski definition) is 5. The number of benzene rings is 1. The Labute approximate surface area is 115 Å². The highest BCUT2D eigenvalue weighted by atomic mass is 32.1. The quantitative estimate of drug-likeness (QED) is 0.516. The molecule has 100 valence electrons. The summed E-state index contributed by atoms with van der Waals surface area (Å²) in [5, 5.41) is 14.1. The van der Waals surface area contributed by atoms with E-state index in [0.717, 1.165) is 10.4 Å². The number of nitrogens with zero attached hydrogens (tertiary/aromatic N) is 1. The molecule has 1 aromatic carbocycles. The zero-order valence-corrected chi connectivity index (χ0v) is 11.6. The Kier molecular flexibility index (Phi) is 4.41. The minimum Gasteiger partial charge on any atom is -0.497 e. The maximum atomic E-state index is 8.89. The normalized spacial score (nSPS) is 11.4. The third-order valence-electron chi connectivity index (χ3n) is 2.68. The van der Waals surface area contributed by atoms with Crippen LogP contribution in [0.5, 0.6) is 11.5 Å².